The minimum Gasteiger partial charge on any atom is -0.349 e. The summed E-state index contributed by atoms with van der Waals surface area (Å²) in [6.07, 6.45) is 4.34. The van der Waals surface area contributed by atoms with E-state index >= 15 is 0 Å². The van der Waals surface area contributed by atoms with Crippen LogP contribution in [0.15, 0.2) is 0 Å². The van der Waals surface area contributed by atoms with Crippen LogP contribution in [0.1, 0.15) is 32.1 Å². The molecule has 2 aliphatic rings. The van der Waals surface area contributed by atoms with Crippen molar-refractivity contribution in [1.29, 1.82) is 0 Å². The van der Waals surface area contributed by atoms with Crippen molar-refractivity contribution in [2.45, 2.75) is 38.1 Å². The molecule has 5 nitrogen and oxygen atoms in total. The first kappa shape index (κ1) is 14.3. The number of amides is 2. The van der Waals surface area contributed by atoms with Crippen molar-refractivity contribution in [2.24, 2.45) is 5.92 Å². The van der Waals surface area contributed by atoms with Gasteiger partial charge < -0.3 is 15.1 Å². The first-order valence-electron chi connectivity index (χ1n) is 7.31. The molecule has 0 bridgehead atoms. The molecular formula is C14H25N3O2. The van der Waals surface area contributed by atoms with Crippen molar-refractivity contribution in [3.8, 4) is 0 Å². The second-order valence-electron chi connectivity index (χ2n) is 5.84. The monoisotopic (exact) mass is 267 g/mol. The third-order valence-electron chi connectivity index (χ3n) is 4.25. The number of piperidine rings is 2. The number of nitrogens with one attached hydrogen (secondary N) is 1. The van der Waals surface area contributed by atoms with Crippen LogP contribution in [0.4, 0.5) is 0 Å². The van der Waals surface area contributed by atoms with Crippen molar-refractivity contribution >= 4 is 11.8 Å². The number of hydrogen-bond acceptors (Lipinski definition) is 3. The predicted octanol–water partition coefficient (Wildman–Crippen LogP) is 0.455. The van der Waals surface area contributed by atoms with Crippen LogP contribution in [-0.2, 0) is 9.59 Å². The second kappa shape index (κ2) is 6.37. The molecule has 2 rings (SSSR count). The summed E-state index contributed by atoms with van der Waals surface area (Å²) in [4.78, 5) is 27.9. The lowest BCUT2D eigenvalue weighted by molar-refractivity contribution is -0.145. The van der Waals surface area contributed by atoms with Gasteiger partial charge in [-0.15, -0.1) is 0 Å². The maximum absolute atomic E-state index is 12.5. The van der Waals surface area contributed by atoms with E-state index in [0.717, 1.165) is 45.3 Å². The van der Waals surface area contributed by atoms with E-state index in [1.807, 2.05) is 4.90 Å². The minimum absolute atomic E-state index is 0.0607. The van der Waals surface area contributed by atoms with E-state index < -0.39 is 0 Å². The zero-order chi connectivity index (χ0) is 13.8. The van der Waals surface area contributed by atoms with Gasteiger partial charge in [0.25, 0.3) is 0 Å². The predicted molar refractivity (Wildman–Crippen MR) is 73.6 cm³/mol. The molecule has 19 heavy (non-hydrogen) atoms. The fourth-order valence-corrected chi connectivity index (χ4v) is 3.04. The number of rotatable bonds is 3. The van der Waals surface area contributed by atoms with E-state index in [1.165, 1.54) is 0 Å². The Morgan fingerprint density at radius 1 is 1.32 bits per heavy atom. The summed E-state index contributed by atoms with van der Waals surface area (Å²) < 4.78 is 0. The van der Waals surface area contributed by atoms with Gasteiger partial charge in [-0.05, 0) is 38.8 Å². The highest BCUT2D eigenvalue weighted by Gasteiger charge is 2.34. The van der Waals surface area contributed by atoms with Gasteiger partial charge in [-0.1, -0.05) is 0 Å². The Morgan fingerprint density at radius 3 is 2.63 bits per heavy atom. The van der Waals surface area contributed by atoms with Gasteiger partial charge in [0.1, 0.15) is 0 Å². The Hall–Kier alpha value is -1.10. The van der Waals surface area contributed by atoms with Crippen molar-refractivity contribution in [3.05, 3.63) is 0 Å². The highest BCUT2D eigenvalue weighted by atomic mass is 16.2. The van der Waals surface area contributed by atoms with Crippen LogP contribution in [0.2, 0.25) is 0 Å². The molecule has 0 aromatic rings. The molecule has 0 aromatic heterocycles. The summed E-state index contributed by atoms with van der Waals surface area (Å²) in [5.74, 6) is 0.164. The lowest BCUT2D eigenvalue weighted by Crippen LogP contribution is -2.51. The lowest BCUT2D eigenvalue weighted by Gasteiger charge is -2.40. The van der Waals surface area contributed by atoms with E-state index in [2.05, 4.69) is 5.32 Å². The zero-order valence-electron chi connectivity index (χ0n) is 12.0. The number of nitrogens with zero attached hydrogens (tertiary/aromatic N) is 2. The normalized spacial score (nSPS) is 25.5. The standard InChI is InChI=1S/C14H25N3O2/c1-16(2)13(18)10-11-4-3-9-17(14(11)19)12-5-7-15-8-6-12/h11-12,15H,3-10H2,1-2H3. The Morgan fingerprint density at radius 2 is 2.00 bits per heavy atom. The van der Waals surface area contributed by atoms with Gasteiger partial charge in [0.15, 0.2) is 0 Å². The summed E-state index contributed by atoms with van der Waals surface area (Å²) in [5.41, 5.74) is 0. The molecular weight excluding hydrogens is 242 g/mol. The largest absolute Gasteiger partial charge is 0.349 e. The fraction of sp³-hybridized carbons (Fsp3) is 0.857. The molecule has 2 aliphatic heterocycles. The van der Waals surface area contributed by atoms with Crippen LogP contribution >= 0.6 is 0 Å². The zero-order valence-corrected chi connectivity index (χ0v) is 12.0. The van der Waals surface area contributed by atoms with Crippen molar-refractivity contribution < 1.29 is 9.59 Å². The fourth-order valence-electron chi connectivity index (χ4n) is 3.04. The first-order valence-corrected chi connectivity index (χ1v) is 7.31. The lowest BCUT2D eigenvalue weighted by atomic mass is 9.90. The molecule has 108 valence electrons. The van der Waals surface area contributed by atoms with Crippen LogP contribution in [-0.4, -0.2) is 61.4 Å². The molecule has 2 amide bonds. The smallest absolute Gasteiger partial charge is 0.226 e. The summed E-state index contributed by atoms with van der Waals surface area (Å²) in [5, 5.41) is 3.33. The average molecular weight is 267 g/mol. The molecule has 2 saturated heterocycles. The molecule has 0 aromatic carbocycles. The van der Waals surface area contributed by atoms with Crippen LogP contribution < -0.4 is 5.32 Å². The molecule has 5 heteroatoms. The first-order chi connectivity index (χ1) is 9.09. The van der Waals surface area contributed by atoms with E-state index in [4.69, 9.17) is 0 Å². The Bertz CT molecular complexity index is 338. The highest BCUT2D eigenvalue weighted by molar-refractivity contribution is 5.86. The molecule has 0 radical (unpaired) electrons. The number of carbonyl (C=O) groups is 2. The summed E-state index contributed by atoms with van der Waals surface area (Å²) >= 11 is 0. The Balaban J connectivity index is 1.95. The van der Waals surface area contributed by atoms with Crippen molar-refractivity contribution in [3.63, 3.8) is 0 Å². The second-order valence-corrected chi connectivity index (χ2v) is 5.84. The van der Waals surface area contributed by atoms with Gasteiger partial charge in [-0.2, -0.15) is 0 Å². The van der Waals surface area contributed by atoms with Gasteiger partial charge in [-0.3, -0.25) is 9.59 Å². The molecule has 2 heterocycles. The average Bonchev–Trinajstić information content (AvgIpc) is 2.42. The maximum atomic E-state index is 12.5. The van der Waals surface area contributed by atoms with Crippen molar-refractivity contribution in [1.82, 2.24) is 15.1 Å². The topological polar surface area (TPSA) is 52.7 Å². The van der Waals surface area contributed by atoms with E-state index in [0.29, 0.717) is 12.5 Å². The number of carbonyl (C=O) groups excluding carboxylic acids is 2. The maximum Gasteiger partial charge on any atom is 0.226 e. The van der Waals surface area contributed by atoms with Gasteiger partial charge >= 0.3 is 0 Å². The third-order valence-corrected chi connectivity index (χ3v) is 4.25. The quantitative estimate of drug-likeness (QED) is 0.808. The van der Waals surface area contributed by atoms with Crippen LogP contribution in [0, 0.1) is 5.92 Å². The summed E-state index contributed by atoms with van der Waals surface area (Å²) in [7, 11) is 3.50. The molecule has 0 saturated carbocycles. The summed E-state index contributed by atoms with van der Waals surface area (Å²) in [6.45, 7) is 2.86. The Labute approximate surface area is 115 Å². The SMILES string of the molecule is CN(C)C(=O)CC1CCCN(C2CCNCC2)C1=O. The molecule has 0 spiro atoms. The van der Waals surface area contributed by atoms with E-state index in [1.54, 1.807) is 19.0 Å². The Kier molecular flexibility index (Phi) is 4.80. The van der Waals surface area contributed by atoms with Crippen LogP contribution in [0.3, 0.4) is 0 Å². The number of likely N-dealkylation sites (tertiary alicyclic amines) is 1. The van der Waals surface area contributed by atoms with Gasteiger partial charge in [-0.25, -0.2) is 0 Å². The van der Waals surface area contributed by atoms with E-state index in [-0.39, 0.29) is 17.7 Å². The molecule has 1 unspecified atom stereocenters. The van der Waals surface area contributed by atoms with Gasteiger partial charge in [0, 0.05) is 39.0 Å². The number of hydrogen-bond donors (Lipinski definition) is 1. The minimum atomic E-state index is -0.0986. The highest BCUT2D eigenvalue weighted by Crippen LogP contribution is 2.25. The van der Waals surface area contributed by atoms with Crippen LogP contribution in [0.25, 0.3) is 0 Å². The molecule has 2 fully saturated rings. The summed E-state index contributed by atoms with van der Waals surface area (Å²) in [6, 6.07) is 0.381. The van der Waals surface area contributed by atoms with Gasteiger partial charge in [0.05, 0.1) is 0 Å². The molecule has 0 aliphatic carbocycles. The van der Waals surface area contributed by atoms with Crippen LogP contribution in [0.5, 0.6) is 0 Å². The van der Waals surface area contributed by atoms with Gasteiger partial charge in [0.2, 0.25) is 11.8 Å². The van der Waals surface area contributed by atoms with E-state index in [9.17, 15) is 9.59 Å². The van der Waals surface area contributed by atoms with Crippen molar-refractivity contribution in [2.75, 3.05) is 33.7 Å². The third kappa shape index (κ3) is 3.47. The molecule has 1 N–H and O–H groups in total. The molecule has 1 atom stereocenters.